The van der Waals surface area contributed by atoms with Gasteiger partial charge in [0.2, 0.25) is 17.7 Å². The summed E-state index contributed by atoms with van der Waals surface area (Å²) in [6.45, 7) is 3.72. The average molecular weight is 539 g/mol. The minimum absolute atomic E-state index is 0.0619. The Hall–Kier alpha value is -3.17. The molecule has 2 saturated heterocycles. The Labute approximate surface area is 225 Å². The maximum absolute atomic E-state index is 14.2. The number of fused-ring (bicyclic) bond motifs is 1. The number of rotatable bonds is 6. The number of aromatic nitrogens is 1. The normalized spacial score (nSPS) is 32.0. The quantitative estimate of drug-likeness (QED) is 0.541. The lowest BCUT2D eigenvalue weighted by Gasteiger charge is -2.34. The van der Waals surface area contributed by atoms with E-state index in [9.17, 15) is 14.4 Å². The highest BCUT2D eigenvalue weighted by Crippen LogP contribution is 2.60. The Kier molecular flexibility index (Phi) is 6.11. The minimum Gasteiger partial charge on any atom is -0.360 e. The van der Waals surface area contributed by atoms with Gasteiger partial charge in [-0.2, -0.15) is 0 Å². The molecule has 1 spiro atoms. The molecule has 200 valence electrons. The highest BCUT2D eigenvalue weighted by atomic mass is 35.5. The van der Waals surface area contributed by atoms with E-state index in [0.29, 0.717) is 10.8 Å². The molecule has 38 heavy (non-hydrogen) atoms. The first kappa shape index (κ1) is 25.1. The van der Waals surface area contributed by atoms with Crippen LogP contribution in [0.3, 0.4) is 0 Å². The number of hydrogen-bond donors (Lipinski definition) is 2. The molecule has 3 fully saturated rings. The van der Waals surface area contributed by atoms with E-state index < -0.39 is 35.0 Å². The second-order valence-electron chi connectivity index (χ2n) is 11.1. The first-order chi connectivity index (χ1) is 18.2. The third-order valence-corrected chi connectivity index (χ3v) is 8.68. The van der Waals surface area contributed by atoms with Crippen molar-refractivity contribution in [1.82, 2.24) is 15.4 Å². The van der Waals surface area contributed by atoms with Gasteiger partial charge >= 0.3 is 0 Å². The Morgan fingerprint density at radius 2 is 1.87 bits per heavy atom. The number of nitrogens with one attached hydrogen (secondary N) is 2. The number of halogens is 1. The van der Waals surface area contributed by atoms with Crippen molar-refractivity contribution >= 4 is 35.1 Å². The summed E-state index contributed by atoms with van der Waals surface area (Å²) in [7, 11) is 0. The van der Waals surface area contributed by atoms with Crippen LogP contribution < -0.4 is 10.6 Å². The lowest BCUT2D eigenvalue weighted by Crippen LogP contribution is -2.56. The zero-order chi connectivity index (χ0) is 26.7. The van der Waals surface area contributed by atoms with Gasteiger partial charge in [-0.1, -0.05) is 60.3 Å². The monoisotopic (exact) mass is 538 g/mol. The summed E-state index contributed by atoms with van der Waals surface area (Å²) in [6, 6.07) is 7.95. The van der Waals surface area contributed by atoms with Crippen LogP contribution in [0.15, 0.2) is 47.0 Å². The zero-order valence-corrected chi connectivity index (χ0v) is 22.2. The third kappa shape index (κ3) is 4.03. The SMILES string of the molecule is Cc1cc(NC(=O)[C@@H]2[C@@H]3C(=O)N(Cc4ccc(Cl)cc4)[C@H](C(=O)NC4CCCCC4)[C@@]34C=C[C@@]2(C)O4)no1. The zero-order valence-electron chi connectivity index (χ0n) is 21.4. The van der Waals surface area contributed by atoms with Crippen molar-refractivity contribution < 1.29 is 23.6 Å². The molecule has 10 heteroatoms. The van der Waals surface area contributed by atoms with Gasteiger partial charge in [0.05, 0.1) is 17.4 Å². The van der Waals surface area contributed by atoms with Crippen molar-refractivity contribution in [3.63, 3.8) is 0 Å². The number of hydrogen-bond acceptors (Lipinski definition) is 6. The summed E-state index contributed by atoms with van der Waals surface area (Å²) in [4.78, 5) is 43.3. The topological polar surface area (TPSA) is 114 Å². The Bertz CT molecular complexity index is 1300. The minimum atomic E-state index is -1.25. The van der Waals surface area contributed by atoms with Crippen LogP contribution in [-0.4, -0.2) is 51.1 Å². The number of likely N-dealkylation sites (tertiary alicyclic amines) is 1. The van der Waals surface area contributed by atoms with Crippen LogP contribution in [-0.2, 0) is 25.7 Å². The second kappa shape index (κ2) is 9.24. The van der Waals surface area contributed by atoms with Gasteiger partial charge < -0.3 is 24.8 Å². The Balaban J connectivity index is 1.35. The predicted octanol–water partition coefficient (Wildman–Crippen LogP) is 3.76. The standard InChI is InChI=1S/C28H31ClN4O5/c1-16-14-20(32-37-16)31-24(34)21-22-26(36)33(15-17-8-10-18(29)11-9-17)23(28(22)13-12-27(21,2)38-28)25(35)30-19-6-4-3-5-7-19/h8-14,19,21-23H,3-7,15H2,1-2H3,(H,30,35)(H,31,32,34)/t21-,22+,23+,27+,28+/m0/s1. The number of carbonyl (C=O) groups is 3. The molecular formula is C28H31ClN4O5. The molecule has 3 aliphatic heterocycles. The first-order valence-electron chi connectivity index (χ1n) is 13.2. The van der Waals surface area contributed by atoms with Gasteiger partial charge in [-0.3, -0.25) is 14.4 Å². The van der Waals surface area contributed by atoms with Gasteiger partial charge in [-0.05, 0) is 44.4 Å². The molecule has 0 radical (unpaired) electrons. The lowest BCUT2D eigenvalue weighted by molar-refractivity contribution is -0.145. The Morgan fingerprint density at radius 3 is 2.55 bits per heavy atom. The summed E-state index contributed by atoms with van der Waals surface area (Å²) in [6.07, 6.45) is 8.76. The number of anilines is 1. The van der Waals surface area contributed by atoms with E-state index >= 15 is 0 Å². The number of aryl methyl sites for hydroxylation is 1. The second-order valence-corrected chi connectivity index (χ2v) is 11.5. The molecule has 6 rings (SSSR count). The molecule has 2 N–H and O–H groups in total. The fraction of sp³-hybridized carbons (Fsp3) is 0.500. The molecule has 0 unspecified atom stereocenters. The molecule has 1 saturated carbocycles. The van der Waals surface area contributed by atoms with Crippen molar-refractivity contribution in [1.29, 1.82) is 0 Å². The highest BCUT2D eigenvalue weighted by Gasteiger charge is 2.76. The average Bonchev–Trinajstić information content (AvgIpc) is 3.58. The van der Waals surface area contributed by atoms with Crippen molar-refractivity contribution in [3.8, 4) is 0 Å². The number of nitrogens with zero attached hydrogens (tertiary/aromatic N) is 2. The van der Waals surface area contributed by atoms with Gasteiger partial charge in [0.15, 0.2) is 5.82 Å². The smallest absolute Gasteiger partial charge is 0.246 e. The molecule has 1 aromatic heterocycles. The number of ether oxygens (including phenoxy) is 1. The molecule has 4 heterocycles. The largest absolute Gasteiger partial charge is 0.360 e. The van der Waals surface area contributed by atoms with E-state index in [1.165, 1.54) is 0 Å². The maximum Gasteiger partial charge on any atom is 0.246 e. The van der Waals surface area contributed by atoms with E-state index in [4.69, 9.17) is 20.9 Å². The predicted molar refractivity (Wildman–Crippen MR) is 139 cm³/mol. The summed E-state index contributed by atoms with van der Waals surface area (Å²) >= 11 is 6.08. The molecule has 4 aliphatic rings. The van der Waals surface area contributed by atoms with Crippen molar-refractivity contribution in [3.05, 3.63) is 58.8 Å². The molecule has 5 atom stereocenters. The molecule has 1 aliphatic carbocycles. The van der Waals surface area contributed by atoms with Crippen molar-refractivity contribution in [2.24, 2.45) is 11.8 Å². The van der Waals surface area contributed by atoms with Crippen molar-refractivity contribution in [2.45, 2.75) is 75.8 Å². The van der Waals surface area contributed by atoms with Gasteiger partial charge in [0, 0.05) is 23.7 Å². The fourth-order valence-electron chi connectivity index (χ4n) is 6.74. The van der Waals surface area contributed by atoms with E-state index in [1.807, 2.05) is 24.3 Å². The third-order valence-electron chi connectivity index (χ3n) is 8.42. The van der Waals surface area contributed by atoms with Gasteiger partial charge in [-0.15, -0.1) is 0 Å². The van der Waals surface area contributed by atoms with E-state index in [1.54, 1.807) is 36.9 Å². The van der Waals surface area contributed by atoms with Crippen LogP contribution in [0.1, 0.15) is 50.4 Å². The number of carbonyl (C=O) groups excluding carboxylic acids is 3. The van der Waals surface area contributed by atoms with E-state index in [0.717, 1.165) is 37.7 Å². The molecule has 2 bridgehead atoms. The fourth-order valence-corrected chi connectivity index (χ4v) is 6.87. The lowest BCUT2D eigenvalue weighted by atomic mass is 9.70. The summed E-state index contributed by atoms with van der Waals surface area (Å²) in [5, 5.41) is 10.4. The molecule has 2 aromatic rings. The van der Waals surface area contributed by atoms with E-state index in [-0.39, 0.29) is 30.2 Å². The van der Waals surface area contributed by atoms with Gasteiger partial charge in [0.1, 0.15) is 17.4 Å². The number of amides is 3. The molecule has 3 amide bonds. The van der Waals surface area contributed by atoms with Crippen LogP contribution in [0, 0.1) is 18.8 Å². The van der Waals surface area contributed by atoms with E-state index in [2.05, 4.69) is 15.8 Å². The molecule has 1 aromatic carbocycles. The summed E-state index contributed by atoms with van der Waals surface area (Å²) in [5.41, 5.74) is -1.46. The van der Waals surface area contributed by atoms with Gasteiger partial charge in [0.25, 0.3) is 0 Å². The van der Waals surface area contributed by atoms with Crippen LogP contribution in [0.4, 0.5) is 5.82 Å². The summed E-state index contributed by atoms with van der Waals surface area (Å²) < 4.78 is 11.7. The Morgan fingerprint density at radius 1 is 1.13 bits per heavy atom. The van der Waals surface area contributed by atoms with Crippen LogP contribution >= 0.6 is 11.6 Å². The van der Waals surface area contributed by atoms with Gasteiger partial charge in [-0.25, -0.2) is 0 Å². The highest BCUT2D eigenvalue weighted by molar-refractivity contribution is 6.30. The van der Waals surface area contributed by atoms with Crippen LogP contribution in [0.2, 0.25) is 5.02 Å². The van der Waals surface area contributed by atoms with Crippen molar-refractivity contribution in [2.75, 3.05) is 5.32 Å². The molecular weight excluding hydrogens is 508 g/mol. The maximum atomic E-state index is 14.2. The first-order valence-corrected chi connectivity index (χ1v) is 13.6. The number of benzene rings is 1. The van der Waals surface area contributed by atoms with Crippen LogP contribution in [0.5, 0.6) is 0 Å². The van der Waals surface area contributed by atoms with Crippen LogP contribution in [0.25, 0.3) is 0 Å². The summed E-state index contributed by atoms with van der Waals surface area (Å²) in [5.74, 6) is -1.82. The molecule has 9 nitrogen and oxygen atoms in total.